The molecule has 0 aromatic heterocycles. The van der Waals surface area contributed by atoms with Gasteiger partial charge in [0.15, 0.2) is 6.61 Å². The number of anilines is 3. The standard InChI is InChI=1S/C31H36N4O6.ClH/c1-4-40-28(36)21-41-27-8-5-7-26(32-30(37)23-11-15-25(39-3)16-12-23)29(27)33-31(38)22-9-13-24(14-10-22)35-18-6-17-34(2)19-20-35;/h5,7-16H,4,6,17-21H2,1-3H3,(H,32,37)(H,33,38);1H. The summed E-state index contributed by atoms with van der Waals surface area (Å²) in [5.74, 6) is -0.493. The summed E-state index contributed by atoms with van der Waals surface area (Å²) in [5, 5.41) is 5.70. The SMILES string of the molecule is CCOC(=O)COc1cccc(NC(=O)c2ccc(OC)cc2)c1NC(=O)c1ccc(N2CCCN(C)CC2)cc1.Cl. The molecule has 4 rings (SSSR count). The van der Waals surface area contributed by atoms with Crippen LogP contribution in [-0.4, -0.2) is 76.2 Å². The second kappa shape index (κ2) is 15.6. The van der Waals surface area contributed by atoms with Crippen molar-refractivity contribution in [3.8, 4) is 11.5 Å². The summed E-state index contributed by atoms with van der Waals surface area (Å²) in [6, 6.07) is 19.0. The van der Waals surface area contributed by atoms with Crippen LogP contribution in [0.5, 0.6) is 11.5 Å². The van der Waals surface area contributed by atoms with Crippen LogP contribution in [0.4, 0.5) is 17.1 Å². The number of amides is 2. The zero-order valence-corrected chi connectivity index (χ0v) is 24.9. The van der Waals surface area contributed by atoms with E-state index in [-0.39, 0.29) is 43.0 Å². The Morgan fingerprint density at radius 2 is 1.50 bits per heavy atom. The van der Waals surface area contributed by atoms with Gasteiger partial charge in [-0.25, -0.2) is 4.79 Å². The number of esters is 1. The monoisotopic (exact) mass is 596 g/mol. The largest absolute Gasteiger partial charge is 0.497 e. The number of ether oxygens (including phenoxy) is 3. The Labute approximate surface area is 252 Å². The maximum atomic E-state index is 13.4. The highest BCUT2D eigenvalue weighted by Gasteiger charge is 2.19. The lowest BCUT2D eigenvalue weighted by Gasteiger charge is -2.23. The molecular weight excluding hydrogens is 560 g/mol. The first kappa shape index (κ1) is 32.2. The lowest BCUT2D eigenvalue weighted by molar-refractivity contribution is -0.145. The average molecular weight is 597 g/mol. The molecule has 0 radical (unpaired) electrons. The van der Waals surface area contributed by atoms with Crippen LogP contribution in [0.3, 0.4) is 0 Å². The molecule has 3 aromatic rings. The maximum Gasteiger partial charge on any atom is 0.344 e. The molecule has 0 atom stereocenters. The molecule has 2 amide bonds. The summed E-state index contributed by atoms with van der Waals surface area (Å²) in [7, 11) is 3.67. The zero-order valence-electron chi connectivity index (χ0n) is 24.1. The smallest absolute Gasteiger partial charge is 0.344 e. The normalized spacial score (nSPS) is 13.3. The van der Waals surface area contributed by atoms with E-state index in [1.165, 1.54) is 0 Å². The van der Waals surface area contributed by atoms with Crippen molar-refractivity contribution in [1.29, 1.82) is 0 Å². The van der Waals surface area contributed by atoms with Gasteiger partial charge in [0, 0.05) is 36.4 Å². The van der Waals surface area contributed by atoms with Gasteiger partial charge in [-0.3, -0.25) is 9.59 Å². The summed E-state index contributed by atoms with van der Waals surface area (Å²) in [6.07, 6.45) is 1.08. The summed E-state index contributed by atoms with van der Waals surface area (Å²) in [4.78, 5) is 43.0. The lowest BCUT2D eigenvalue weighted by Crippen LogP contribution is -2.28. The fourth-order valence-electron chi connectivity index (χ4n) is 4.47. The first-order valence-corrected chi connectivity index (χ1v) is 13.6. The number of hydrogen-bond donors (Lipinski definition) is 2. The summed E-state index contributed by atoms with van der Waals surface area (Å²) >= 11 is 0. The molecule has 1 fully saturated rings. The molecule has 10 nitrogen and oxygen atoms in total. The Kier molecular flexibility index (Phi) is 12.0. The van der Waals surface area contributed by atoms with Crippen LogP contribution in [-0.2, 0) is 9.53 Å². The van der Waals surface area contributed by atoms with Gasteiger partial charge in [0.25, 0.3) is 11.8 Å². The van der Waals surface area contributed by atoms with E-state index in [1.54, 1.807) is 68.6 Å². The van der Waals surface area contributed by atoms with E-state index in [9.17, 15) is 14.4 Å². The van der Waals surface area contributed by atoms with Crippen LogP contribution in [0.2, 0.25) is 0 Å². The van der Waals surface area contributed by atoms with Crippen molar-refractivity contribution in [1.82, 2.24) is 4.90 Å². The molecule has 1 aliphatic rings. The second-order valence-corrected chi connectivity index (χ2v) is 9.60. The van der Waals surface area contributed by atoms with Gasteiger partial charge in [-0.15, -0.1) is 12.4 Å². The predicted molar refractivity (Wildman–Crippen MR) is 165 cm³/mol. The van der Waals surface area contributed by atoms with E-state index in [0.717, 1.165) is 38.3 Å². The Bertz CT molecular complexity index is 1350. The molecule has 1 aliphatic heterocycles. The van der Waals surface area contributed by atoms with Crippen molar-refractivity contribution in [3.05, 3.63) is 77.9 Å². The Morgan fingerprint density at radius 3 is 2.17 bits per heavy atom. The van der Waals surface area contributed by atoms with Crippen LogP contribution in [0.1, 0.15) is 34.1 Å². The lowest BCUT2D eigenvalue weighted by atomic mass is 10.1. The number of halogens is 1. The van der Waals surface area contributed by atoms with Crippen molar-refractivity contribution < 1.29 is 28.6 Å². The minimum atomic E-state index is -0.548. The van der Waals surface area contributed by atoms with E-state index in [1.807, 2.05) is 12.1 Å². The zero-order chi connectivity index (χ0) is 29.2. The molecule has 3 aromatic carbocycles. The molecule has 0 aliphatic carbocycles. The third kappa shape index (κ3) is 8.61. The molecule has 0 bridgehead atoms. The molecule has 1 saturated heterocycles. The number of nitrogens with one attached hydrogen (secondary N) is 2. The van der Waals surface area contributed by atoms with Gasteiger partial charge in [0.1, 0.15) is 17.2 Å². The number of carbonyl (C=O) groups excluding carboxylic acids is 3. The number of rotatable bonds is 10. The fourth-order valence-corrected chi connectivity index (χ4v) is 4.47. The molecule has 1 heterocycles. The Balaban J connectivity index is 0.00000484. The predicted octanol–water partition coefficient (Wildman–Crippen LogP) is 4.71. The molecule has 2 N–H and O–H groups in total. The van der Waals surface area contributed by atoms with Gasteiger partial charge in [-0.05, 0) is 87.6 Å². The van der Waals surface area contributed by atoms with E-state index in [4.69, 9.17) is 14.2 Å². The van der Waals surface area contributed by atoms with Crippen LogP contribution in [0.15, 0.2) is 66.7 Å². The van der Waals surface area contributed by atoms with Crippen molar-refractivity contribution >= 4 is 47.3 Å². The number of hydrogen-bond acceptors (Lipinski definition) is 8. The fraction of sp³-hybridized carbons (Fsp3) is 0.323. The van der Waals surface area contributed by atoms with Crippen LogP contribution < -0.4 is 25.0 Å². The number of methoxy groups -OCH3 is 1. The number of carbonyl (C=O) groups is 3. The maximum absolute atomic E-state index is 13.4. The number of nitrogens with zero attached hydrogens (tertiary/aromatic N) is 2. The minimum Gasteiger partial charge on any atom is -0.497 e. The highest BCUT2D eigenvalue weighted by molar-refractivity contribution is 6.11. The first-order chi connectivity index (χ1) is 19.9. The molecular formula is C31H37ClN4O6. The van der Waals surface area contributed by atoms with Crippen LogP contribution in [0, 0.1) is 0 Å². The van der Waals surface area contributed by atoms with Gasteiger partial charge in [-0.2, -0.15) is 0 Å². The third-order valence-electron chi connectivity index (χ3n) is 6.73. The number of likely N-dealkylation sites (N-methyl/N-ethyl adjacent to an activating group) is 1. The van der Waals surface area contributed by atoms with Gasteiger partial charge < -0.3 is 34.6 Å². The topological polar surface area (TPSA) is 109 Å². The minimum absolute atomic E-state index is 0. The summed E-state index contributed by atoms with van der Waals surface area (Å²) in [6.45, 7) is 5.49. The van der Waals surface area contributed by atoms with Gasteiger partial charge >= 0.3 is 5.97 Å². The third-order valence-corrected chi connectivity index (χ3v) is 6.73. The van der Waals surface area contributed by atoms with Crippen molar-refractivity contribution in [3.63, 3.8) is 0 Å². The van der Waals surface area contributed by atoms with E-state index < -0.39 is 11.9 Å². The summed E-state index contributed by atoms with van der Waals surface area (Å²) < 4.78 is 15.8. The van der Waals surface area contributed by atoms with Gasteiger partial charge in [0.05, 0.1) is 19.4 Å². The Hall–Kier alpha value is -4.28. The van der Waals surface area contributed by atoms with Crippen LogP contribution >= 0.6 is 12.4 Å². The molecule has 0 unspecified atom stereocenters. The van der Waals surface area contributed by atoms with Gasteiger partial charge in [0.2, 0.25) is 0 Å². The quantitative estimate of drug-likeness (QED) is 0.324. The highest BCUT2D eigenvalue weighted by atomic mass is 35.5. The first-order valence-electron chi connectivity index (χ1n) is 13.6. The van der Waals surface area contributed by atoms with E-state index in [2.05, 4.69) is 27.5 Å². The molecule has 0 spiro atoms. The molecule has 42 heavy (non-hydrogen) atoms. The van der Waals surface area contributed by atoms with Crippen LogP contribution in [0.25, 0.3) is 0 Å². The molecule has 11 heteroatoms. The molecule has 224 valence electrons. The summed E-state index contributed by atoms with van der Waals surface area (Å²) in [5.41, 5.74) is 2.43. The van der Waals surface area contributed by atoms with E-state index >= 15 is 0 Å². The average Bonchev–Trinajstić information content (AvgIpc) is 3.21. The van der Waals surface area contributed by atoms with Crippen molar-refractivity contribution in [2.75, 3.05) is 69.1 Å². The number of benzene rings is 3. The van der Waals surface area contributed by atoms with E-state index in [0.29, 0.717) is 22.6 Å². The highest BCUT2D eigenvalue weighted by Crippen LogP contribution is 2.34. The second-order valence-electron chi connectivity index (χ2n) is 9.60. The molecule has 0 saturated carbocycles. The van der Waals surface area contributed by atoms with Crippen molar-refractivity contribution in [2.45, 2.75) is 13.3 Å². The van der Waals surface area contributed by atoms with Gasteiger partial charge in [-0.1, -0.05) is 6.07 Å². The Morgan fingerprint density at radius 1 is 0.833 bits per heavy atom. The number of para-hydroxylation sites is 1. The van der Waals surface area contributed by atoms with Crippen molar-refractivity contribution in [2.24, 2.45) is 0 Å².